The number of esters is 1. The number of hydrogen-bond donors (Lipinski definition) is 2. The summed E-state index contributed by atoms with van der Waals surface area (Å²) >= 11 is 0. The van der Waals surface area contributed by atoms with Gasteiger partial charge in [-0.3, -0.25) is 9.59 Å². The second-order valence-electron chi connectivity index (χ2n) is 5.80. The molecule has 0 heterocycles. The molecule has 2 rings (SSSR count). The fraction of sp³-hybridized carbons (Fsp3) is 0.200. The summed E-state index contributed by atoms with van der Waals surface area (Å²) in [6, 6.07) is 9.95. The Morgan fingerprint density at radius 2 is 1.77 bits per heavy atom. The van der Waals surface area contributed by atoms with Gasteiger partial charge in [-0.25, -0.2) is 14.6 Å². The number of methoxy groups -OCH3 is 2. The fourth-order valence-corrected chi connectivity index (χ4v) is 2.18. The van der Waals surface area contributed by atoms with E-state index in [9.17, 15) is 18.8 Å². The lowest BCUT2D eigenvalue weighted by atomic mass is 10.2. The van der Waals surface area contributed by atoms with Crippen LogP contribution < -0.4 is 20.2 Å². The summed E-state index contributed by atoms with van der Waals surface area (Å²) < 4.78 is 27.8. The van der Waals surface area contributed by atoms with Crippen molar-refractivity contribution < 1.29 is 33.0 Å². The minimum Gasteiger partial charge on any atom is -0.493 e. The predicted molar refractivity (Wildman–Crippen MR) is 106 cm³/mol. The summed E-state index contributed by atoms with van der Waals surface area (Å²) in [5.74, 6) is -1.47. The molecular weight excluding hydrogens is 397 g/mol. The van der Waals surface area contributed by atoms with Crippen molar-refractivity contribution in [2.45, 2.75) is 6.42 Å². The van der Waals surface area contributed by atoms with Gasteiger partial charge >= 0.3 is 5.97 Å². The van der Waals surface area contributed by atoms with Crippen LogP contribution in [0.15, 0.2) is 47.6 Å². The highest BCUT2D eigenvalue weighted by Gasteiger charge is 2.10. The molecule has 0 unspecified atom stereocenters. The summed E-state index contributed by atoms with van der Waals surface area (Å²) in [4.78, 5) is 34.8. The van der Waals surface area contributed by atoms with E-state index >= 15 is 0 Å². The molecule has 158 valence electrons. The van der Waals surface area contributed by atoms with Crippen molar-refractivity contribution in [2.24, 2.45) is 5.10 Å². The zero-order valence-corrected chi connectivity index (χ0v) is 16.3. The van der Waals surface area contributed by atoms with Gasteiger partial charge in [-0.2, -0.15) is 5.10 Å². The maximum atomic E-state index is 12.8. The Morgan fingerprint density at radius 3 is 2.43 bits per heavy atom. The molecule has 2 amide bonds. The highest BCUT2D eigenvalue weighted by Crippen LogP contribution is 2.27. The molecule has 30 heavy (non-hydrogen) atoms. The van der Waals surface area contributed by atoms with Gasteiger partial charge in [0.05, 0.1) is 20.4 Å². The van der Waals surface area contributed by atoms with Gasteiger partial charge < -0.3 is 19.5 Å². The van der Waals surface area contributed by atoms with Crippen molar-refractivity contribution in [3.8, 4) is 11.5 Å². The number of amides is 2. The van der Waals surface area contributed by atoms with Crippen LogP contribution in [0, 0.1) is 5.82 Å². The molecule has 10 heteroatoms. The largest absolute Gasteiger partial charge is 0.493 e. The van der Waals surface area contributed by atoms with E-state index < -0.39 is 30.0 Å². The average Bonchev–Trinajstić information content (AvgIpc) is 2.73. The molecule has 0 aliphatic heterocycles. The Hall–Kier alpha value is -3.95. The minimum absolute atomic E-state index is 0.268. The maximum Gasteiger partial charge on any atom is 0.343 e. The Balaban J connectivity index is 1.86. The third-order valence-corrected chi connectivity index (χ3v) is 3.61. The second kappa shape index (κ2) is 11.1. The number of hydrazone groups is 1. The summed E-state index contributed by atoms with van der Waals surface area (Å²) in [7, 11) is 2.69. The Kier molecular flexibility index (Phi) is 8.30. The molecule has 0 fully saturated rings. The first-order valence-corrected chi connectivity index (χ1v) is 8.66. The number of rotatable bonds is 9. The van der Waals surface area contributed by atoms with Gasteiger partial charge in [0.15, 0.2) is 18.1 Å². The molecule has 0 atom stereocenters. The van der Waals surface area contributed by atoms with E-state index in [0.717, 1.165) is 0 Å². The lowest BCUT2D eigenvalue weighted by molar-refractivity contribution is -0.143. The molecule has 9 nitrogen and oxygen atoms in total. The first kappa shape index (κ1) is 22.3. The Labute approximate surface area is 171 Å². The molecule has 0 aliphatic carbocycles. The van der Waals surface area contributed by atoms with E-state index in [1.54, 1.807) is 18.2 Å². The van der Waals surface area contributed by atoms with Gasteiger partial charge in [0.1, 0.15) is 12.2 Å². The molecule has 0 saturated heterocycles. The predicted octanol–water partition coefficient (Wildman–Crippen LogP) is 1.86. The molecule has 2 aromatic carbocycles. The first-order valence-electron chi connectivity index (χ1n) is 8.66. The molecule has 0 aromatic heterocycles. The van der Waals surface area contributed by atoms with Gasteiger partial charge in [0.25, 0.3) is 0 Å². The number of ether oxygens (including phenoxy) is 3. The van der Waals surface area contributed by atoms with E-state index in [1.807, 2.05) is 0 Å². The molecule has 0 bridgehead atoms. The van der Waals surface area contributed by atoms with Crippen LogP contribution in [-0.4, -0.2) is 44.8 Å². The van der Waals surface area contributed by atoms with Gasteiger partial charge in [0, 0.05) is 5.69 Å². The van der Waals surface area contributed by atoms with Crippen LogP contribution >= 0.6 is 0 Å². The van der Waals surface area contributed by atoms with Crippen LogP contribution in [0.25, 0.3) is 0 Å². The number of carbonyl (C=O) groups excluding carboxylic acids is 3. The van der Waals surface area contributed by atoms with E-state index in [2.05, 4.69) is 20.6 Å². The van der Waals surface area contributed by atoms with Crippen LogP contribution in [0.2, 0.25) is 0 Å². The number of benzene rings is 2. The summed E-state index contributed by atoms with van der Waals surface area (Å²) in [5, 5.41) is 6.25. The molecule has 2 aromatic rings. The van der Waals surface area contributed by atoms with Crippen molar-refractivity contribution in [3.63, 3.8) is 0 Å². The number of nitrogens with zero attached hydrogens (tertiary/aromatic N) is 1. The van der Waals surface area contributed by atoms with Crippen LogP contribution in [0.1, 0.15) is 12.0 Å². The van der Waals surface area contributed by atoms with Gasteiger partial charge in [-0.1, -0.05) is 0 Å². The topological polar surface area (TPSA) is 115 Å². The van der Waals surface area contributed by atoms with E-state index in [0.29, 0.717) is 22.7 Å². The van der Waals surface area contributed by atoms with E-state index in [-0.39, 0.29) is 6.61 Å². The number of halogens is 1. The lowest BCUT2D eigenvalue weighted by Gasteiger charge is -2.10. The van der Waals surface area contributed by atoms with Crippen molar-refractivity contribution in [1.82, 2.24) is 5.43 Å². The van der Waals surface area contributed by atoms with Crippen molar-refractivity contribution in [2.75, 3.05) is 26.1 Å². The summed E-state index contributed by atoms with van der Waals surface area (Å²) in [6.45, 7) is -0.268. The molecule has 0 aliphatic rings. The monoisotopic (exact) mass is 417 g/mol. The van der Waals surface area contributed by atoms with Crippen LogP contribution in [0.3, 0.4) is 0 Å². The first-order chi connectivity index (χ1) is 14.4. The quantitative estimate of drug-likeness (QED) is 0.279. The Morgan fingerprint density at radius 1 is 1.03 bits per heavy atom. The zero-order chi connectivity index (χ0) is 21.9. The van der Waals surface area contributed by atoms with Gasteiger partial charge in [0.2, 0.25) is 11.8 Å². The number of anilines is 1. The van der Waals surface area contributed by atoms with Crippen molar-refractivity contribution in [3.05, 3.63) is 53.8 Å². The van der Waals surface area contributed by atoms with Gasteiger partial charge in [-0.15, -0.1) is 0 Å². The van der Waals surface area contributed by atoms with E-state index in [1.165, 1.54) is 44.7 Å². The van der Waals surface area contributed by atoms with E-state index in [4.69, 9.17) is 9.47 Å². The number of nitrogens with one attached hydrogen (secondary N) is 2. The smallest absolute Gasteiger partial charge is 0.343 e. The highest BCUT2D eigenvalue weighted by molar-refractivity contribution is 6.03. The lowest BCUT2D eigenvalue weighted by Crippen LogP contribution is -2.24. The van der Waals surface area contributed by atoms with Crippen molar-refractivity contribution >= 4 is 29.7 Å². The average molecular weight is 417 g/mol. The Bertz CT molecular complexity index is 931. The highest BCUT2D eigenvalue weighted by atomic mass is 19.1. The summed E-state index contributed by atoms with van der Waals surface area (Å²) in [6.07, 6.45) is 0.890. The number of hydrogen-bond acceptors (Lipinski definition) is 7. The maximum absolute atomic E-state index is 12.8. The van der Waals surface area contributed by atoms with Crippen LogP contribution in [0.4, 0.5) is 10.1 Å². The zero-order valence-electron chi connectivity index (χ0n) is 16.3. The van der Waals surface area contributed by atoms with Crippen molar-refractivity contribution in [1.29, 1.82) is 0 Å². The third-order valence-electron chi connectivity index (χ3n) is 3.61. The molecule has 0 spiro atoms. The molecule has 2 N–H and O–H groups in total. The van der Waals surface area contributed by atoms with Crippen LogP contribution in [0.5, 0.6) is 11.5 Å². The normalized spacial score (nSPS) is 10.4. The molecular formula is C20H20FN3O6. The summed E-state index contributed by atoms with van der Waals surface area (Å²) in [5.41, 5.74) is 3.18. The molecule has 0 saturated carbocycles. The second-order valence-corrected chi connectivity index (χ2v) is 5.80. The van der Waals surface area contributed by atoms with Gasteiger partial charge in [-0.05, 0) is 48.0 Å². The van der Waals surface area contributed by atoms with Crippen LogP contribution in [-0.2, 0) is 19.1 Å². The SMILES string of the molecule is COC(=O)COc1ccc(C=NNC(=O)CC(=O)Nc2ccc(F)cc2)cc1OC. The molecule has 0 radical (unpaired) electrons. The standard InChI is InChI=1S/C20H20FN3O6/c1-28-17-9-13(3-8-16(17)30-12-20(27)29-2)11-22-24-19(26)10-18(25)23-15-6-4-14(21)5-7-15/h3-9,11H,10,12H2,1-2H3,(H,23,25)(H,24,26). The minimum atomic E-state index is -0.629. The fourth-order valence-electron chi connectivity index (χ4n) is 2.18. The third kappa shape index (κ3) is 7.23. The number of carbonyl (C=O) groups is 3.